The molecule has 0 spiro atoms. The van der Waals surface area contributed by atoms with E-state index in [1.165, 1.54) is 0 Å². The zero-order chi connectivity index (χ0) is 20.5. The third-order valence-electron chi connectivity index (χ3n) is 4.84. The third kappa shape index (κ3) is 6.98. The average molecular weight is 396 g/mol. The first-order chi connectivity index (χ1) is 14.1. The molecule has 3 rings (SSSR count). The summed E-state index contributed by atoms with van der Waals surface area (Å²) in [6, 6.07) is 15.1. The van der Waals surface area contributed by atoms with Gasteiger partial charge in [-0.15, -0.1) is 0 Å². The highest BCUT2D eigenvalue weighted by Gasteiger charge is 2.12. The number of nitrogens with one attached hydrogen (secondary N) is 2. The van der Waals surface area contributed by atoms with Crippen molar-refractivity contribution in [3.63, 3.8) is 0 Å². The van der Waals surface area contributed by atoms with E-state index in [4.69, 9.17) is 10.5 Å². The van der Waals surface area contributed by atoms with Crippen LogP contribution < -0.4 is 16.4 Å². The number of hydrogen-bond acceptors (Lipinski definition) is 5. The van der Waals surface area contributed by atoms with Gasteiger partial charge in [-0.3, -0.25) is 14.5 Å². The molecule has 0 saturated carbocycles. The molecule has 0 atom stereocenters. The van der Waals surface area contributed by atoms with Gasteiger partial charge in [-0.2, -0.15) is 0 Å². The van der Waals surface area contributed by atoms with Crippen LogP contribution in [0.2, 0.25) is 0 Å². The lowest BCUT2D eigenvalue weighted by Gasteiger charge is -2.26. The van der Waals surface area contributed by atoms with Gasteiger partial charge in [0.15, 0.2) is 0 Å². The minimum Gasteiger partial charge on any atom is -0.379 e. The zero-order valence-corrected chi connectivity index (χ0v) is 16.5. The summed E-state index contributed by atoms with van der Waals surface area (Å²) in [7, 11) is 0. The van der Waals surface area contributed by atoms with Gasteiger partial charge < -0.3 is 21.1 Å². The van der Waals surface area contributed by atoms with Crippen molar-refractivity contribution in [1.29, 1.82) is 0 Å². The molecule has 1 fully saturated rings. The molecule has 0 unspecified atom stereocenters. The highest BCUT2D eigenvalue weighted by molar-refractivity contribution is 5.93. The van der Waals surface area contributed by atoms with Crippen LogP contribution in [0.4, 0.5) is 5.69 Å². The van der Waals surface area contributed by atoms with Crippen molar-refractivity contribution in [2.75, 3.05) is 38.2 Å². The van der Waals surface area contributed by atoms with Crippen LogP contribution in [-0.2, 0) is 22.6 Å². The van der Waals surface area contributed by atoms with Gasteiger partial charge in [0.05, 0.1) is 13.2 Å². The van der Waals surface area contributed by atoms with Crippen molar-refractivity contribution in [1.82, 2.24) is 10.2 Å². The van der Waals surface area contributed by atoms with E-state index in [0.29, 0.717) is 25.1 Å². The Balaban J connectivity index is 1.44. The maximum Gasteiger partial charge on any atom is 0.248 e. The lowest BCUT2D eigenvalue weighted by Crippen LogP contribution is -2.38. The van der Waals surface area contributed by atoms with Crippen LogP contribution in [0.3, 0.4) is 0 Å². The number of nitrogens with zero attached hydrogens (tertiary/aromatic N) is 1. The summed E-state index contributed by atoms with van der Waals surface area (Å²) in [5.74, 6) is -0.409. The normalized spacial score (nSPS) is 14.5. The number of ether oxygens (including phenoxy) is 1. The molecule has 4 N–H and O–H groups in total. The number of anilines is 1. The molecule has 2 amide bonds. The molecule has 1 aliphatic rings. The van der Waals surface area contributed by atoms with E-state index in [2.05, 4.69) is 15.5 Å². The number of morpholine rings is 1. The van der Waals surface area contributed by atoms with E-state index in [1.807, 2.05) is 36.4 Å². The Hall–Kier alpha value is -2.74. The smallest absolute Gasteiger partial charge is 0.248 e. The third-order valence-corrected chi connectivity index (χ3v) is 4.84. The second kappa shape index (κ2) is 10.7. The number of nitrogens with two attached hydrogens (primary N) is 1. The highest BCUT2D eigenvalue weighted by Crippen LogP contribution is 2.12. The van der Waals surface area contributed by atoms with Crippen LogP contribution >= 0.6 is 0 Å². The standard InChI is InChI=1S/C22H28N4O3/c23-22(28)19-5-1-3-17(13-19)15-24-16-18-4-2-6-20(14-18)25-21(27)7-8-26-9-11-29-12-10-26/h1-6,13-14,24H,7-12,15-16H2,(H2,23,28)(H,25,27). The SMILES string of the molecule is NC(=O)c1cccc(CNCc2cccc(NC(=O)CCN3CCOCC3)c2)c1. The molecule has 2 aromatic rings. The van der Waals surface area contributed by atoms with Gasteiger partial charge in [-0.05, 0) is 35.4 Å². The Morgan fingerprint density at radius 3 is 2.41 bits per heavy atom. The number of benzene rings is 2. The molecule has 7 nitrogen and oxygen atoms in total. The fraction of sp³-hybridized carbons (Fsp3) is 0.364. The number of carbonyl (C=O) groups excluding carboxylic acids is 2. The van der Waals surface area contributed by atoms with E-state index < -0.39 is 5.91 Å². The Labute approximate surface area is 171 Å². The lowest BCUT2D eigenvalue weighted by atomic mass is 10.1. The predicted octanol–water partition coefficient (Wildman–Crippen LogP) is 1.74. The maximum atomic E-state index is 12.2. The summed E-state index contributed by atoms with van der Waals surface area (Å²) < 4.78 is 5.32. The van der Waals surface area contributed by atoms with E-state index >= 15 is 0 Å². The van der Waals surface area contributed by atoms with Crippen molar-refractivity contribution >= 4 is 17.5 Å². The van der Waals surface area contributed by atoms with E-state index in [0.717, 1.165) is 49.7 Å². The minimum atomic E-state index is -0.427. The molecule has 0 aromatic heterocycles. The molecule has 1 saturated heterocycles. The summed E-state index contributed by atoms with van der Waals surface area (Å²) in [6.45, 7) is 5.27. The zero-order valence-electron chi connectivity index (χ0n) is 16.5. The monoisotopic (exact) mass is 396 g/mol. The van der Waals surface area contributed by atoms with Crippen LogP contribution in [0.25, 0.3) is 0 Å². The van der Waals surface area contributed by atoms with Crippen molar-refractivity contribution in [2.45, 2.75) is 19.5 Å². The van der Waals surface area contributed by atoms with Gasteiger partial charge in [0, 0.05) is 50.4 Å². The summed E-state index contributed by atoms with van der Waals surface area (Å²) in [4.78, 5) is 25.7. The molecule has 154 valence electrons. The fourth-order valence-electron chi connectivity index (χ4n) is 3.25. The maximum absolute atomic E-state index is 12.2. The molecule has 1 aliphatic heterocycles. The Morgan fingerprint density at radius 2 is 1.69 bits per heavy atom. The largest absolute Gasteiger partial charge is 0.379 e. The first-order valence-electron chi connectivity index (χ1n) is 9.88. The van der Waals surface area contributed by atoms with Crippen LogP contribution in [0, 0.1) is 0 Å². The first kappa shape index (κ1) is 21.0. The quantitative estimate of drug-likeness (QED) is 0.600. The summed E-state index contributed by atoms with van der Waals surface area (Å²) >= 11 is 0. The van der Waals surface area contributed by atoms with Gasteiger partial charge in [0.1, 0.15) is 0 Å². The molecule has 2 aromatic carbocycles. The van der Waals surface area contributed by atoms with Crippen molar-refractivity contribution < 1.29 is 14.3 Å². The summed E-state index contributed by atoms with van der Waals surface area (Å²) in [5, 5.41) is 6.32. The van der Waals surface area contributed by atoms with Crippen LogP contribution in [0.15, 0.2) is 48.5 Å². The highest BCUT2D eigenvalue weighted by atomic mass is 16.5. The van der Waals surface area contributed by atoms with E-state index in [1.54, 1.807) is 12.1 Å². The number of rotatable bonds is 9. The van der Waals surface area contributed by atoms with Gasteiger partial charge >= 0.3 is 0 Å². The molecular weight excluding hydrogens is 368 g/mol. The van der Waals surface area contributed by atoms with Crippen LogP contribution in [-0.4, -0.2) is 49.6 Å². The van der Waals surface area contributed by atoms with Gasteiger partial charge in [0.2, 0.25) is 11.8 Å². The minimum absolute atomic E-state index is 0.0184. The topological polar surface area (TPSA) is 96.7 Å². The number of primary amides is 1. The Kier molecular flexibility index (Phi) is 7.75. The predicted molar refractivity (Wildman–Crippen MR) is 112 cm³/mol. The average Bonchev–Trinajstić information content (AvgIpc) is 2.73. The first-order valence-corrected chi connectivity index (χ1v) is 9.88. The van der Waals surface area contributed by atoms with Crippen molar-refractivity contribution in [3.05, 3.63) is 65.2 Å². The van der Waals surface area contributed by atoms with Gasteiger partial charge in [0.25, 0.3) is 0 Å². The van der Waals surface area contributed by atoms with Crippen molar-refractivity contribution in [2.24, 2.45) is 5.73 Å². The number of amides is 2. The van der Waals surface area contributed by atoms with Crippen LogP contribution in [0.1, 0.15) is 27.9 Å². The Bertz CT molecular complexity index is 834. The summed E-state index contributed by atoms with van der Waals surface area (Å²) in [5.41, 5.74) is 8.69. The molecule has 0 bridgehead atoms. The number of hydrogen-bond donors (Lipinski definition) is 3. The molecule has 1 heterocycles. The van der Waals surface area contributed by atoms with Crippen LogP contribution in [0.5, 0.6) is 0 Å². The van der Waals surface area contributed by atoms with E-state index in [9.17, 15) is 9.59 Å². The second-order valence-corrected chi connectivity index (χ2v) is 7.12. The number of carbonyl (C=O) groups is 2. The molecule has 29 heavy (non-hydrogen) atoms. The molecule has 0 aliphatic carbocycles. The lowest BCUT2D eigenvalue weighted by molar-refractivity contribution is -0.116. The molecule has 7 heteroatoms. The van der Waals surface area contributed by atoms with Crippen molar-refractivity contribution in [3.8, 4) is 0 Å². The Morgan fingerprint density at radius 1 is 1.00 bits per heavy atom. The fourth-order valence-corrected chi connectivity index (χ4v) is 3.25. The molecular formula is C22H28N4O3. The second-order valence-electron chi connectivity index (χ2n) is 7.12. The van der Waals surface area contributed by atoms with Gasteiger partial charge in [-0.25, -0.2) is 0 Å². The van der Waals surface area contributed by atoms with Gasteiger partial charge in [-0.1, -0.05) is 24.3 Å². The van der Waals surface area contributed by atoms with E-state index in [-0.39, 0.29) is 5.91 Å². The molecule has 0 radical (unpaired) electrons. The summed E-state index contributed by atoms with van der Waals surface area (Å²) in [6.07, 6.45) is 0.471.